The van der Waals surface area contributed by atoms with Gasteiger partial charge in [0.05, 0.1) is 5.92 Å². The van der Waals surface area contributed by atoms with Crippen molar-refractivity contribution >= 4 is 5.91 Å². The number of likely N-dealkylation sites (tertiary alicyclic amines) is 1. The predicted molar refractivity (Wildman–Crippen MR) is 81.1 cm³/mol. The van der Waals surface area contributed by atoms with Crippen molar-refractivity contribution in [3.63, 3.8) is 0 Å². The van der Waals surface area contributed by atoms with E-state index in [2.05, 4.69) is 36.1 Å². The van der Waals surface area contributed by atoms with E-state index in [9.17, 15) is 4.79 Å². The van der Waals surface area contributed by atoms with Gasteiger partial charge >= 0.3 is 0 Å². The third-order valence-electron chi connectivity index (χ3n) is 4.13. The molecule has 1 aliphatic rings. The van der Waals surface area contributed by atoms with Crippen LogP contribution in [0, 0.1) is 12.8 Å². The number of benzene rings is 1. The van der Waals surface area contributed by atoms with Crippen molar-refractivity contribution in [2.45, 2.75) is 38.8 Å². The fourth-order valence-corrected chi connectivity index (χ4v) is 3.19. The number of hydrogen-bond donors (Lipinski definition) is 2. The summed E-state index contributed by atoms with van der Waals surface area (Å²) in [7, 11) is 0. The third-order valence-corrected chi connectivity index (χ3v) is 4.13. The minimum absolute atomic E-state index is 0.0171. The smallest absolute Gasteiger partial charge is 0.221 e. The molecule has 0 radical (unpaired) electrons. The number of aryl methyl sites for hydroxylation is 1. The second-order valence-corrected chi connectivity index (χ2v) is 5.95. The zero-order valence-electron chi connectivity index (χ0n) is 12.4. The molecule has 4 nitrogen and oxygen atoms in total. The summed E-state index contributed by atoms with van der Waals surface area (Å²) in [6, 6.07) is 8.62. The number of carbonyl (C=O) groups excluding carboxylic acids is 1. The molecule has 20 heavy (non-hydrogen) atoms. The highest BCUT2D eigenvalue weighted by Crippen LogP contribution is 2.29. The Balaban J connectivity index is 2.22. The van der Waals surface area contributed by atoms with Crippen LogP contribution < -0.4 is 11.5 Å². The Hall–Kier alpha value is -1.39. The molecule has 1 saturated heterocycles. The van der Waals surface area contributed by atoms with Gasteiger partial charge in [0.25, 0.3) is 0 Å². The standard InChI is InChI=1S/C16H25N3O/c1-11-5-3-6-13(9-11)15(12(2)17)19-8-4-7-14(10-19)16(18)20/h3,5-6,9,12,14-15H,4,7-8,10,17H2,1-2H3,(H2,18,20). The van der Waals surface area contributed by atoms with E-state index in [4.69, 9.17) is 11.5 Å². The lowest BCUT2D eigenvalue weighted by Crippen LogP contribution is -2.47. The number of piperidine rings is 1. The highest BCUT2D eigenvalue weighted by atomic mass is 16.1. The summed E-state index contributed by atoms with van der Waals surface area (Å²) in [4.78, 5) is 13.8. The van der Waals surface area contributed by atoms with Crippen LogP contribution in [0.2, 0.25) is 0 Å². The number of rotatable bonds is 4. The van der Waals surface area contributed by atoms with E-state index in [0.29, 0.717) is 0 Å². The number of nitrogens with zero attached hydrogens (tertiary/aromatic N) is 1. The van der Waals surface area contributed by atoms with E-state index in [1.54, 1.807) is 0 Å². The minimum atomic E-state index is -0.192. The van der Waals surface area contributed by atoms with Crippen molar-refractivity contribution in [1.82, 2.24) is 4.90 Å². The maximum absolute atomic E-state index is 11.4. The topological polar surface area (TPSA) is 72.3 Å². The van der Waals surface area contributed by atoms with Crippen LogP contribution in [0.1, 0.15) is 36.9 Å². The predicted octanol–water partition coefficient (Wildman–Crippen LogP) is 1.58. The van der Waals surface area contributed by atoms with E-state index in [0.717, 1.165) is 25.9 Å². The molecule has 4 N–H and O–H groups in total. The molecule has 0 aliphatic carbocycles. The molecule has 4 heteroatoms. The highest BCUT2D eigenvalue weighted by molar-refractivity contribution is 5.76. The van der Waals surface area contributed by atoms with Gasteiger partial charge in [0, 0.05) is 18.6 Å². The first kappa shape index (κ1) is 15.0. The Morgan fingerprint density at radius 3 is 2.80 bits per heavy atom. The van der Waals surface area contributed by atoms with E-state index in [1.165, 1.54) is 11.1 Å². The van der Waals surface area contributed by atoms with Crippen molar-refractivity contribution in [3.05, 3.63) is 35.4 Å². The molecule has 0 aromatic heterocycles. The van der Waals surface area contributed by atoms with Gasteiger partial charge in [-0.25, -0.2) is 0 Å². The Morgan fingerprint density at radius 1 is 1.45 bits per heavy atom. The minimum Gasteiger partial charge on any atom is -0.369 e. The quantitative estimate of drug-likeness (QED) is 0.876. The van der Waals surface area contributed by atoms with Crippen molar-refractivity contribution in [2.24, 2.45) is 17.4 Å². The molecule has 3 unspecified atom stereocenters. The van der Waals surface area contributed by atoms with Crippen LogP contribution in [0.15, 0.2) is 24.3 Å². The molecule has 0 saturated carbocycles. The zero-order chi connectivity index (χ0) is 14.7. The summed E-state index contributed by atoms with van der Waals surface area (Å²) in [6.07, 6.45) is 1.90. The second kappa shape index (κ2) is 6.37. The van der Waals surface area contributed by atoms with Crippen LogP contribution in [0.4, 0.5) is 0 Å². The van der Waals surface area contributed by atoms with Gasteiger partial charge in [0.1, 0.15) is 0 Å². The largest absolute Gasteiger partial charge is 0.369 e. The van der Waals surface area contributed by atoms with Gasteiger partial charge in [-0.3, -0.25) is 9.69 Å². The normalized spacial score (nSPS) is 23.2. The summed E-state index contributed by atoms with van der Waals surface area (Å²) in [6.45, 7) is 5.81. The van der Waals surface area contributed by atoms with Crippen LogP contribution in [0.5, 0.6) is 0 Å². The first-order chi connectivity index (χ1) is 9.49. The van der Waals surface area contributed by atoms with Crippen LogP contribution in [0.25, 0.3) is 0 Å². The van der Waals surface area contributed by atoms with Crippen LogP contribution in [0.3, 0.4) is 0 Å². The van der Waals surface area contributed by atoms with Gasteiger partial charge in [0.2, 0.25) is 5.91 Å². The van der Waals surface area contributed by atoms with Gasteiger partial charge in [-0.05, 0) is 38.8 Å². The molecule has 1 amide bonds. The van der Waals surface area contributed by atoms with Crippen molar-refractivity contribution in [3.8, 4) is 0 Å². The van der Waals surface area contributed by atoms with Crippen molar-refractivity contribution < 1.29 is 4.79 Å². The summed E-state index contributed by atoms with van der Waals surface area (Å²) in [5.41, 5.74) is 14.1. The molecule has 0 spiro atoms. The Morgan fingerprint density at radius 2 is 2.20 bits per heavy atom. The SMILES string of the molecule is Cc1cccc(C(C(C)N)N2CCCC(C(N)=O)C2)c1. The van der Waals surface area contributed by atoms with Crippen molar-refractivity contribution in [2.75, 3.05) is 13.1 Å². The lowest BCUT2D eigenvalue weighted by Gasteiger charge is -2.39. The van der Waals surface area contributed by atoms with Gasteiger partial charge in [-0.15, -0.1) is 0 Å². The molecule has 1 aliphatic heterocycles. The molecule has 3 atom stereocenters. The molecule has 110 valence electrons. The van der Waals surface area contributed by atoms with Gasteiger partial charge < -0.3 is 11.5 Å². The summed E-state index contributed by atoms with van der Waals surface area (Å²) >= 11 is 0. The van der Waals surface area contributed by atoms with E-state index >= 15 is 0 Å². The average molecular weight is 275 g/mol. The van der Waals surface area contributed by atoms with Crippen LogP contribution in [-0.2, 0) is 4.79 Å². The Bertz CT molecular complexity index is 473. The fraction of sp³-hybridized carbons (Fsp3) is 0.562. The molecule has 1 aromatic rings. The lowest BCUT2D eigenvalue weighted by atomic mass is 9.91. The summed E-state index contributed by atoms with van der Waals surface area (Å²) in [5, 5.41) is 0. The number of amides is 1. The first-order valence-electron chi connectivity index (χ1n) is 7.34. The van der Waals surface area contributed by atoms with Gasteiger partial charge in [0.15, 0.2) is 0 Å². The van der Waals surface area contributed by atoms with E-state index in [1.807, 2.05) is 6.92 Å². The monoisotopic (exact) mass is 275 g/mol. The lowest BCUT2D eigenvalue weighted by molar-refractivity contribution is -0.123. The highest BCUT2D eigenvalue weighted by Gasteiger charge is 2.31. The fourth-order valence-electron chi connectivity index (χ4n) is 3.19. The number of hydrogen-bond acceptors (Lipinski definition) is 3. The molecule has 1 aromatic carbocycles. The maximum atomic E-state index is 11.4. The van der Waals surface area contributed by atoms with Crippen molar-refractivity contribution in [1.29, 1.82) is 0 Å². The first-order valence-corrected chi connectivity index (χ1v) is 7.34. The average Bonchev–Trinajstić information content (AvgIpc) is 2.39. The number of primary amides is 1. The number of carbonyl (C=O) groups is 1. The maximum Gasteiger partial charge on any atom is 0.221 e. The molecular weight excluding hydrogens is 250 g/mol. The van der Waals surface area contributed by atoms with E-state index in [-0.39, 0.29) is 23.9 Å². The molecule has 0 bridgehead atoms. The van der Waals surface area contributed by atoms with E-state index < -0.39 is 0 Å². The second-order valence-electron chi connectivity index (χ2n) is 5.95. The molecular formula is C16H25N3O. The van der Waals surface area contributed by atoms with Gasteiger partial charge in [-0.1, -0.05) is 29.8 Å². The Labute approximate surface area is 121 Å². The zero-order valence-corrected chi connectivity index (χ0v) is 12.4. The van der Waals surface area contributed by atoms with Crippen LogP contribution >= 0.6 is 0 Å². The van der Waals surface area contributed by atoms with Gasteiger partial charge in [-0.2, -0.15) is 0 Å². The number of nitrogens with two attached hydrogens (primary N) is 2. The molecule has 1 fully saturated rings. The molecule has 2 rings (SSSR count). The van der Waals surface area contributed by atoms with Crippen LogP contribution in [-0.4, -0.2) is 29.9 Å². The molecule has 1 heterocycles. The Kier molecular flexibility index (Phi) is 4.78. The summed E-state index contributed by atoms with van der Waals surface area (Å²) < 4.78 is 0. The summed E-state index contributed by atoms with van der Waals surface area (Å²) in [5.74, 6) is -0.239. The third kappa shape index (κ3) is 3.38.